The number of carbonyl (C=O) groups is 1. The van der Waals surface area contributed by atoms with Crippen LogP contribution in [0.15, 0.2) is 0 Å². The molecule has 1 fully saturated rings. The smallest absolute Gasteiger partial charge is 0.305 e. The minimum Gasteiger partial charge on any atom is -0.469 e. The summed E-state index contributed by atoms with van der Waals surface area (Å²) in [4.78, 5) is 13.3. The van der Waals surface area contributed by atoms with Crippen LogP contribution in [0.25, 0.3) is 0 Å². The third-order valence-corrected chi connectivity index (χ3v) is 3.55. The second-order valence-electron chi connectivity index (χ2n) is 4.85. The van der Waals surface area contributed by atoms with Gasteiger partial charge in [-0.3, -0.25) is 4.79 Å². The molecule has 0 aromatic rings. The van der Waals surface area contributed by atoms with Gasteiger partial charge in [-0.05, 0) is 32.9 Å². The Balaban J connectivity index is 1.91. The Bertz CT molecular complexity index is 215. The monoisotopic (exact) mass is 242 g/mol. The molecule has 1 N–H and O–H groups in total. The number of methoxy groups -OCH3 is 1. The Kier molecular flexibility index (Phi) is 7.21. The zero-order valence-electron chi connectivity index (χ0n) is 11.2. The molecule has 0 aromatic heterocycles. The third kappa shape index (κ3) is 6.03. The van der Waals surface area contributed by atoms with Crippen molar-refractivity contribution < 1.29 is 9.53 Å². The molecular weight excluding hydrogens is 216 g/mol. The largest absolute Gasteiger partial charge is 0.469 e. The summed E-state index contributed by atoms with van der Waals surface area (Å²) < 4.78 is 4.59. The highest BCUT2D eigenvalue weighted by atomic mass is 16.5. The lowest BCUT2D eigenvalue weighted by atomic mass is 10.2. The highest BCUT2D eigenvalue weighted by Gasteiger charge is 2.18. The van der Waals surface area contributed by atoms with Crippen molar-refractivity contribution in [1.82, 2.24) is 10.2 Å². The molecule has 4 heteroatoms. The van der Waals surface area contributed by atoms with Crippen molar-refractivity contribution in [2.75, 3.05) is 33.8 Å². The average molecular weight is 242 g/mol. The first-order valence-corrected chi connectivity index (χ1v) is 6.72. The minimum atomic E-state index is -0.116. The predicted molar refractivity (Wildman–Crippen MR) is 69.0 cm³/mol. The Morgan fingerprint density at radius 3 is 2.71 bits per heavy atom. The van der Waals surface area contributed by atoms with Gasteiger partial charge in [0.2, 0.25) is 0 Å². The minimum absolute atomic E-state index is 0.116. The van der Waals surface area contributed by atoms with Crippen molar-refractivity contribution >= 4 is 5.97 Å². The van der Waals surface area contributed by atoms with Crippen LogP contribution < -0.4 is 5.32 Å². The summed E-state index contributed by atoms with van der Waals surface area (Å²) in [7, 11) is 3.65. The molecule has 1 rings (SSSR count). The van der Waals surface area contributed by atoms with Crippen LogP contribution in [0.5, 0.6) is 0 Å². The molecule has 17 heavy (non-hydrogen) atoms. The van der Waals surface area contributed by atoms with E-state index in [1.807, 2.05) is 0 Å². The summed E-state index contributed by atoms with van der Waals surface area (Å²) >= 11 is 0. The first-order valence-electron chi connectivity index (χ1n) is 6.72. The molecule has 0 radical (unpaired) electrons. The quantitative estimate of drug-likeness (QED) is 0.516. The SMILES string of the molecule is COC(=O)CCCNCCN(C)C1CCCC1. The highest BCUT2D eigenvalue weighted by Crippen LogP contribution is 2.21. The molecule has 100 valence electrons. The van der Waals surface area contributed by atoms with Crippen molar-refractivity contribution in [2.45, 2.75) is 44.6 Å². The van der Waals surface area contributed by atoms with Crippen LogP contribution in [0, 0.1) is 0 Å². The van der Waals surface area contributed by atoms with Crippen LogP contribution in [0.4, 0.5) is 0 Å². The van der Waals surface area contributed by atoms with Crippen molar-refractivity contribution in [2.24, 2.45) is 0 Å². The molecule has 1 aliphatic carbocycles. The van der Waals surface area contributed by atoms with Crippen LogP contribution in [-0.4, -0.2) is 50.7 Å². The number of carbonyl (C=O) groups excluding carboxylic acids is 1. The highest BCUT2D eigenvalue weighted by molar-refractivity contribution is 5.68. The summed E-state index contributed by atoms with van der Waals surface area (Å²) in [6.45, 7) is 3.00. The van der Waals surface area contributed by atoms with Gasteiger partial charge in [-0.15, -0.1) is 0 Å². The van der Waals surface area contributed by atoms with Crippen molar-refractivity contribution in [3.8, 4) is 0 Å². The van der Waals surface area contributed by atoms with Crippen LogP contribution in [-0.2, 0) is 9.53 Å². The van der Waals surface area contributed by atoms with E-state index in [1.165, 1.54) is 32.8 Å². The molecule has 0 aromatic carbocycles. The number of nitrogens with one attached hydrogen (secondary N) is 1. The fourth-order valence-corrected chi connectivity index (χ4v) is 2.37. The second-order valence-corrected chi connectivity index (χ2v) is 4.85. The van der Waals surface area contributed by atoms with Gasteiger partial charge in [0.05, 0.1) is 7.11 Å². The van der Waals surface area contributed by atoms with Gasteiger partial charge in [-0.2, -0.15) is 0 Å². The van der Waals surface area contributed by atoms with Gasteiger partial charge in [0.15, 0.2) is 0 Å². The number of hydrogen-bond donors (Lipinski definition) is 1. The fourth-order valence-electron chi connectivity index (χ4n) is 2.37. The van der Waals surface area contributed by atoms with Crippen molar-refractivity contribution in [3.63, 3.8) is 0 Å². The topological polar surface area (TPSA) is 41.6 Å². The number of ether oxygens (including phenoxy) is 1. The maximum Gasteiger partial charge on any atom is 0.305 e. The van der Waals surface area contributed by atoms with Crippen molar-refractivity contribution in [1.29, 1.82) is 0 Å². The molecule has 0 atom stereocenters. The van der Waals surface area contributed by atoms with Crippen LogP contribution in [0.1, 0.15) is 38.5 Å². The van der Waals surface area contributed by atoms with E-state index < -0.39 is 0 Å². The van der Waals surface area contributed by atoms with Gasteiger partial charge in [0.25, 0.3) is 0 Å². The summed E-state index contributed by atoms with van der Waals surface area (Å²) in [6.07, 6.45) is 6.88. The summed E-state index contributed by atoms with van der Waals surface area (Å²) in [5.41, 5.74) is 0. The van der Waals surface area contributed by atoms with E-state index in [0.29, 0.717) is 6.42 Å². The maximum absolute atomic E-state index is 10.9. The van der Waals surface area contributed by atoms with Gasteiger partial charge in [-0.25, -0.2) is 0 Å². The van der Waals surface area contributed by atoms with Crippen LogP contribution in [0.3, 0.4) is 0 Å². The first-order chi connectivity index (χ1) is 8.24. The number of rotatable bonds is 8. The lowest BCUT2D eigenvalue weighted by Gasteiger charge is -2.23. The third-order valence-electron chi connectivity index (χ3n) is 3.55. The summed E-state index contributed by atoms with van der Waals surface area (Å²) in [5, 5.41) is 3.37. The van der Waals surface area contributed by atoms with E-state index in [1.54, 1.807) is 0 Å². The van der Waals surface area contributed by atoms with Gasteiger partial charge in [0.1, 0.15) is 0 Å². The van der Waals surface area contributed by atoms with Crippen LogP contribution in [0.2, 0.25) is 0 Å². The molecule has 0 amide bonds. The van der Waals surface area contributed by atoms with E-state index in [4.69, 9.17) is 0 Å². The molecule has 0 spiro atoms. The fraction of sp³-hybridized carbons (Fsp3) is 0.923. The van der Waals surface area contributed by atoms with E-state index in [9.17, 15) is 4.79 Å². The number of hydrogen-bond acceptors (Lipinski definition) is 4. The molecule has 0 heterocycles. The lowest BCUT2D eigenvalue weighted by Crippen LogP contribution is -2.35. The summed E-state index contributed by atoms with van der Waals surface area (Å²) in [6, 6.07) is 0.798. The van der Waals surface area contributed by atoms with Gasteiger partial charge < -0.3 is 15.0 Å². The number of esters is 1. The Morgan fingerprint density at radius 2 is 2.06 bits per heavy atom. The first kappa shape index (κ1) is 14.5. The van der Waals surface area contributed by atoms with E-state index >= 15 is 0 Å². The molecule has 0 aliphatic heterocycles. The van der Waals surface area contributed by atoms with E-state index in [0.717, 1.165) is 32.1 Å². The lowest BCUT2D eigenvalue weighted by molar-refractivity contribution is -0.140. The van der Waals surface area contributed by atoms with Crippen LogP contribution >= 0.6 is 0 Å². The van der Waals surface area contributed by atoms with Gasteiger partial charge in [-0.1, -0.05) is 12.8 Å². The maximum atomic E-state index is 10.9. The summed E-state index contributed by atoms with van der Waals surface area (Å²) in [5.74, 6) is -0.116. The molecule has 0 saturated heterocycles. The predicted octanol–water partition coefficient (Wildman–Crippen LogP) is 1.40. The zero-order valence-corrected chi connectivity index (χ0v) is 11.2. The second kappa shape index (κ2) is 8.48. The van der Waals surface area contributed by atoms with E-state index in [-0.39, 0.29) is 5.97 Å². The number of likely N-dealkylation sites (N-methyl/N-ethyl adjacent to an activating group) is 1. The Morgan fingerprint density at radius 1 is 1.35 bits per heavy atom. The molecule has 0 bridgehead atoms. The molecule has 1 saturated carbocycles. The average Bonchev–Trinajstić information content (AvgIpc) is 2.86. The molecule has 0 unspecified atom stereocenters. The van der Waals surface area contributed by atoms with E-state index in [2.05, 4.69) is 22.0 Å². The molecule has 1 aliphatic rings. The zero-order chi connectivity index (χ0) is 12.5. The number of nitrogens with zero attached hydrogens (tertiary/aromatic N) is 1. The normalized spacial score (nSPS) is 16.6. The standard InChI is InChI=1S/C13H26N2O2/c1-15(12-6-3-4-7-12)11-10-14-9-5-8-13(16)17-2/h12,14H,3-11H2,1-2H3. The Labute approximate surface area is 105 Å². The molecule has 4 nitrogen and oxygen atoms in total. The van der Waals surface area contributed by atoms with Gasteiger partial charge in [0, 0.05) is 25.6 Å². The van der Waals surface area contributed by atoms with Gasteiger partial charge >= 0.3 is 5.97 Å². The van der Waals surface area contributed by atoms with Crippen molar-refractivity contribution in [3.05, 3.63) is 0 Å². The molecular formula is C13H26N2O2. The Hall–Kier alpha value is -0.610.